The molecule has 1 heterocycles. The van der Waals surface area contributed by atoms with Crippen LogP contribution in [0.25, 0.3) is 28.3 Å². The largest absolute Gasteiger partial charge is 0.550 e. The van der Waals surface area contributed by atoms with Crippen molar-refractivity contribution in [1.29, 1.82) is 0 Å². The number of aliphatic carboxylic acids is 1. The highest BCUT2D eigenvalue weighted by Gasteiger charge is 2.29. The number of hydrogen-bond donors (Lipinski definition) is 2. The Bertz CT molecular complexity index is 1630. The van der Waals surface area contributed by atoms with Crippen LogP contribution in [0.2, 0.25) is 0 Å². The van der Waals surface area contributed by atoms with Crippen LogP contribution in [0.5, 0.6) is 0 Å². The number of rotatable bonds is 12. The molecule has 0 aliphatic heterocycles. The van der Waals surface area contributed by atoms with E-state index in [0.29, 0.717) is 39.2 Å². The fourth-order valence-corrected chi connectivity index (χ4v) is 4.93. The van der Waals surface area contributed by atoms with Crippen LogP contribution in [-0.4, -0.2) is 33.4 Å². The Morgan fingerprint density at radius 3 is 2.02 bits per heavy atom. The number of aliphatic hydroxyl groups excluding tert-OH is 1. The number of carboxylic acid groups (broad SMARTS) is 1. The summed E-state index contributed by atoms with van der Waals surface area (Å²) in [5.74, 6) is -3.26. The van der Waals surface area contributed by atoms with Gasteiger partial charge in [0.2, 0.25) is 0 Å². The number of benzene rings is 3. The number of aromatic nitrogens is 1. The molecular weight excluding hydrogens is 554 g/mol. The first-order chi connectivity index (χ1) is 20.5. The van der Waals surface area contributed by atoms with Gasteiger partial charge in [0.25, 0.3) is 5.91 Å². The van der Waals surface area contributed by atoms with Gasteiger partial charge in [-0.1, -0.05) is 54.6 Å². The lowest BCUT2D eigenvalue weighted by Gasteiger charge is -2.17. The van der Waals surface area contributed by atoms with Crippen LogP contribution in [0.15, 0.2) is 84.9 Å². The Balaban J connectivity index is 1.90. The Morgan fingerprint density at radius 2 is 1.44 bits per heavy atom. The minimum absolute atomic E-state index is 0.127. The summed E-state index contributed by atoms with van der Waals surface area (Å²) in [6.07, 6.45) is 0.225. The average Bonchev–Trinajstić information content (AvgIpc) is 3.31. The molecule has 0 saturated carbocycles. The molecule has 0 fully saturated rings. The summed E-state index contributed by atoms with van der Waals surface area (Å²) in [4.78, 5) is 37.6. The van der Waals surface area contributed by atoms with Crippen molar-refractivity contribution in [3.05, 3.63) is 114 Å². The zero-order valence-electron chi connectivity index (χ0n) is 23.7. The number of nitrogens with one attached hydrogen (secondary N) is 1. The molecule has 0 radical (unpaired) electrons. The first-order valence-corrected chi connectivity index (χ1v) is 13.8. The summed E-state index contributed by atoms with van der Waals surface area (Å²) in [6, 6.07) is 20.5. The van der Waals surface area contributed by atoms with Crippen molar-refractivity contribution >= 4 is 23.7 Å². The number of aliphatic hydroxyl groups is 1. The van der Waals surface area contributed by atoms with Gasteiger partial charge in [-0.05, 0) is 67.0 Å². The topological polar surface area (TPSA) is 111 Å². The average molecular weight is 586 g/mol. The summed E-state index contributed by atoms with van der Waals surface area (Å²) in [5, 5.41) is 23.7. The first kappa shape index (κ1) is 31.1. The van der Waals surface area contributed by atoms with Gasteiger partial charge in [0.15, 0.2) is 5.78 Å². The number of amides is 1. The third-order valence-electron chi connectivity index (χ3n) is 6.80. The van der Waals surface area contributed by atoms with E-state index in [4.69, 9.17) is 0 Å². The smallest absolute Gasteiger partial charge is 0.268 e. The molecule has 0 saturated heterocycles. The number of ketones is 1. The zero-order chi connectivity index (χ0) is 31.1. The van der Waals surface area contributed by atoms with Crippen molar-refractivity contribution in [3.8, 4) is 22.3 Å². The van der Waals surface area contributed by atoms with Gasteiger partial charge in [-0.2, -0.15) is 0 Å². The Hall–Kier alpha value is -4.89. The predicted molar refractivity (Wildman–Crippen MR) is 158 cm³/mol. The van der Waals surface area contributed by atoms with Gasteiger partial charge in [0.05, 0.1) is 11.8 Å². The maximum absolute atomic E-state index is 14.0. The van der Waals surface area contributed by atoms with E-state index < -0.39 is 48.2 Å². The molecule has 1 amide bonds. The van der Waals surface area contributed by atoms with Crippen LogP contribution in [0, 0.1) is 11.6 Å². The Morgan fingerprint density at radius 1 is 0.860 bits per heavy atom. The van der Waals surface area contributed by atoms with Crippen molar-refractivity contribution in [2.75, 3.05) is 0 Å². The summed E-state index contributed by atoms with van der Waals surface area (Å²) in [7, 11) is 0. The fourth-order valence-electron chi connectivity index (χ4n) is 4.93. The van der Waals surface area contributed by atoms with Crippen molar-refractivity contribution in [1.82, 2.24) is 9.88 Å². The van der Waals surface area contributed by atoms with Gasteiger partial charge >= 0.3 is 0 Å². The normalized spacial score (nSPS) is 12.0. The zero-order valence-corrected chi connectivity index (χ0v) is 23.7. The molecule has 2 N–H and O–H groups in total. The van der Waals surface area contributed by atoms with E-state index in [-0.39, 0.29) is 12.6 Å². The summed E-state index contributed by atoms with van der Waals surface area (Å²) >= 11 is 0. The lowest BCUT2D eigenvalue weighted by Crippen LogP contribution is -2.28. The summed E-state index contributed by atoms with van der Waals surface area (Å²) in [6.45, 7) is 3.88. The molecule has 0 bridgehead atoms. The van der Waals surface area contributed by atoms with Crippen molar-refractivity contribution in [2.45, 2.75) is 45.4 Å². The van der Waals surface area contributed by atoms with Gasteiger partial charge < -0.3 is 24.9 Å². The second kappa shape index (κ2) is 13.8. The summed E-state index contributed by atoms with van der Waals surface area (Å²) < 4.78 is 29.2. The second-order valence-corrected chi connectivity index (χ2v) is 10.4. The number of halogens is 2. The molecule has 9 heteroatoms. The number of carbonyl (C=O) groups excluding carboxylic acids is 3. The molecular formula is C34H31F2N2O5-. The number of carbonyl (C=O) groups is 3. The quantitative estimate of drug-likeness (QED) is 0.225. The third-order valence-corrected chi connectivity index (χ3v) is 6.80. The summed E-state index contributed by atoms with van der Waals surface area (Å²) in [5.41, 5.74) is 3.91. The Kier molecular flexibility index (Phi) is 10.0. The van der Waals surface area contributed by atoms with Crippen LogP contribution in [-0.2, 0) is 16.1 Å². The maximum atomic E-state index is 14.0. The van der Waals surface area contributed by atoms with E-state index in [2.05, 4.69) is 5.32 Å². The monoisotopic (exact) mass is 585 g/mol. The Labute approximate surface area is 248 Å². The SMILES string of the molecule is CC(C)n1c(/C=C/C(=O)C[C@@H](O)CC(=O)[O-])c(-c2ccc(F)cc2)c(-c2ccccc2)c1C(=O)NCc1ccc(F)cc1. The van der Waals surface area contributed by atoms with E-state index in [1.807, 2.05) is 44.2 Å². The highest BCUT2D eigenvalue weighted by atomic mass is 19.1. The van der Waals surface area contributed by atoms with E-state index >= 15 is 0 Å². The molecule has 4 aromatic rings. The van der Waals surface area contributed by atoms with Crippen LogP contribution in [0.4, 0.5) is 8.78 Å². The van der Waals surface area contributed by atoms with E-state index in [0.717, 1.165) is 0 Å². The number of nitrogens with zero attached hydrogens (tertiary/aromatic N) is 1. The highest BCUT2D eigenvalue weighted by molar-refractivity contribution is 6.07. The van der Waals surface area contributed by atoms with E-state index in [9.17, 15) is 33.4 Å². The van der Waals surface area contributed by atoms with Crippen LogP contribution < -0.4 is 10.4 Å². The first-order valence-electron chi connectivity index (χ1n) is 13.8. The molecule has 43 heavy (non-hydrogen) atoms. The molecule has 4 rings (SSSR count). The van der Waals surface area contributed by atoms with Gasteiger partial charge in [-0.15, -0.1) is 0 Å². The fraction of sp³-hybridized carbons (Fsp3) is 0.206. The van der Waals surface area contributed by atoms with E-state index in [1.54, 1.807) is 28.8 Å². The lowest BCUT2D eigenvalue weighted by atomic mass is 9.94. The van der Waals surface area contributed by atoms with Crippen molar-refractivity contribution in [2.24, 2.45) is 0 Å². The van der Waals surface area contributed by atoms with Gasteiger partial charge in [0, 0.05) is 42.5 Å². The second-order valence-electron chi connectivity index (χ2n) is 10.4. The third kappa shape index (κ3) is 7.69. The van der Waals surface area contributed by atoms with Crippen LogP contribution >= 0.6 is 0 Å². The van der Waals surface area contributed by atoms with Crippen LogP contribution in [0.3, 0.4) is 0 Å². The molecule has 3 aromatic carbocycles. The molecule has 1 atom stereocenters. The van der Waals surface area contributed by atoms with Gasteiger partial charge in [0.1, 0.15) is 17.3 Å². The molecule has 0 aliphatic carbocycles. The molecule has 0 aliphatic rings. The van der Waals surface area contributed by atoms with Crippen molar-refractivity contribution < 1.29 is 33.4 Å². The van der Waals surface area contributed by atoms with Crippen molar-refractivity contribution in [3.63, 3.8) is 0 Å². The number of carboxylic acids is 1. The van der Waals surface area contributed by atoms with E-state index in [1.165, 1.54) is 36.4 Å². The van der Waals surface area contributed by atoms with Gasteiger partial charge in [-0.25, -0.2) is 8.78 Å². The minimum atomic E-state index is -1.47. The molecule has 0 unspecified atom stereocenters. The standard InChI is InChI=1S/C34H32F2N2O5/c1-21(2)38-29(17-16-27(39)18-28(40)19-30(41)42)31(24-10-14-26(36)15-11-24)32(23-6-4-3-5-7-23)33(38)34(43)37-20-22-8-12-25(35)13-9-22/h3-17,21,28,40H,18-20H2,1-2H3,(H,37,43)(H,41,42)/p-1/b17-16+/t28-/m1/s1. The number of hydrogen-bond acceptors (Lipinski definition) is 5. The predicted octanol–water partition coefficient (Wildman–Crippen LogP) is 5.08. The maximum Gasteiger partial charge on any atom is 0.268 e. The van der Waals surface area contributed by atoms with Crippen LogP contribution in [0.1, 0.15) is 54.5 Å². The van der Waals surface area contributed by atoms with Gasteiger partial charge in [-0.3, -0.25) is 9.59 Å². The lowest BCUT2D eigenvalue weighted by molar-refractivity contribution is -0.307. The minimum Gasteiger partial charge on any atom is -0.550 e. The number of allylic oxidation sites excluding steroid dienone is 1. The molecule has 222 valence electrons. The molecule has 7 nitrogen and oxygen atoms in total. The molecule has 1 aromatic heterocycles. The highest BCUT2D eigenvalue weighted by Crippen LogP contribution is 2.42. The molecule has 0 spiro atoms.